The summed E-state index contributed by atoms with van der Waals surface area (Å²) in [7, 11) is 0. The molecule has 14 heavy (non-hydrogen) atoms. The van der Waals surface area contributed by atoms with Gasteiger partial charge in [-0.1, -0.05) is 12.1 Å². The van der Waals surface area contributed by atoms with Crippen LogP contribution in [0, 0.1) is 0 Å². The maximum Gasteiger partial charge on any atom is 0.418 e. The van der Waals surface area contributed by atoms with Gasteiger partial charge in [0.05, 0.1) is 11.4 Å². The van der Waals surface area contributed by atoms with E-state index in [1.807, 2.05) is 6.26 Å². The summed E-state index contributed by atoms with van der Waals surface area (Å²) in [4.78, 5) is 0. The van der Waals surface area contributed by atoms with Crippen molar-refractivity contribution in [3.63, 3.8) is 0 Å². The Balaban J connectivity index is 2.92. The number of rotatable bonds is 3. The molecule has 0 aromatic heterocycles. The molecule has 1 aromatic rings. The SMILES string of the molecule is CSCNc1ccccc1C(F)(F)F. The third-order valence-electron chi connectivity index (χ3n) is 1.64. The zero-order chi connectivity index (χ0) is 10.6. The van der Waals surface area contributed by atoms with E-state index in [4.69, 9.17) is 0 Å². The van der Waals surface area contributed by atoms with Crippen LogP contribution in [0.1, 0.15) is 5.56 Å². The number of thioether (sulfide) groups is 1. The molecule has 1 N–H and O–H groups in total. The summed E-state index contributed by atoms with van der Waals surface area (Å²) >= 11 is 1.44. The molecule has 0 spiro atoms. The first kappa shape index (κ1) is 11.2. The van der Waals surface area contributed by atoms with Gasteiger partial charge in [0, 0.05) is 5.69 Å². The quantitative estimate of drug-likeness (QED) is 0.785. The lowest BCUT2D eigenvalue weighted by Crippen LogP contribution is -2.10. The summed E-state index contributed by atoms with van der Waals surface area (Å²) in [6.07, 6.45) is -2.47. The van der Waals surface area contributed by atoms with Crippen molar-refractivity contribution in [1.29, 1.82) is 0 Å². The predicted molar refractivity (Wildman–Crippen MR) is 53.4 cm³/mol. The first-order valence-electron chi connectivity index (χ1n) is 3.94. The van der Waals surface area contributed by atoms with Crippen molar-refractivity contribution in [3.8, 4) is 0 Å². The van der Waals surface area contributed by atoms with Gasteiger partial charge in [0.25, 0.3) is 0 Å². The summed E-state index contributed by atoms with van der Waals surface area (Å²) in [6.45, 7) is 0. The molecule has 1 nitrogen and oxygen atoms in total. The normalized spacial score (nSPS) is 11.4. The number of nitrogens with one attached hydrogen (secondary N) is 1. The van der Waals surface area contributed by atoms with E-state index >= 15 is 0 Å². The molecular weight excluding hydrogens is 211 g/mol. The predicted octanol–water partition coefficient (Wildman–Crippen LogP) is 3.44. The molecule has 78 valence electrons. The maximum absolute atomic E-state index is 12.4. The van der Waals surface area contributed by atoms with Crippen molar-refractivity contribution in [1.82, 2.24) is 0 Å². The minimum Gasteiger partial charge on any atom is -0.376 e. The Morgan fingerprint density at radius 1 is 1.29 bits per heavy atom. The fourth-order valence-electron chi connectivity index (χ4n) is 1.03. The van der Waals surface area contributed by atoms with Crippen LogP contribution in [0.2, 0.25) is 0 Å². The Bertz CT molecular complexity index is 298. The van der Waals surface area contributed by atoms with Gasteiger partial charge in [-0.15, -0.1) is 11.8 Å². The van der Waals surface area contributed by atoms with Crippen molar-refractivity contribution in [2.75, 3.05) is 17.4 Å². The van der Waals surface area contributed by atoms with E-state index in [9.17, 15) is 13.2 Å². The number of hydrogen-bond donors (Lipinski definition) is 1. The lowest BCUT2D eigenvalue weighted by atomic mass is 10.2. The molecule has 0 bridgehead atoms. The number of para-hydroxylation sites is 1. The number of benzene rings is 1. The minimum atomic E-state index is -4.29. The lowest BCUT2D eigenvalue weighted by Gasteiger charge is -2.13. The van der Waals surface area contributed by atoms with Crippen LogP contribution in [0.3, 0.4) is 0 Å². The topological polar surface area (TPSA) is 12.0 Å². The molecule has 1 aromatic carbocycles. The van der Waals surface area contributed by atoms with E-state index in [0.717, 1.165) is 6.07 Å². The van der Waals surface area contributed by atoms with Gasteiger partial charge in [-0.25, -0.2) is 0 Å². The highest BCUT2D eigenvalue weighted by atomic mass is 32.2. The smallest absolute Gasteiger partial charge is 0.376 e. The van der Waals surface area contributed by atoms with Crippen LogP contribution in [-0.4, -0.2) is 12.1 Å². The molecule has 0 saturated heterocycles. The van der Waals surface area contributed by atoms with Crippen LogP contribution in [0.15, 0.2) is 24.3 Å². The first-order valence-corrected chi connectivity index (χ1v) is 5.34. The molecule has 0 heterocycles. The fraction of sp³-hybridized carbons (Fsp3) is 0.333. The van der Waals surface area contributed by atoms with Crippen LogP contribution >= 0.6 is 11.8 Å². The molecule has 0 aliphatic carbocycles. The Kier molecular flexibility index (Phi) is 3.69. The maximum atomic E-state index is 12.4. The van der Waals surface area contributed by atoms with Gasteiger partial charge in [0.15, 0.2) is 0 Å². The summed E-state index contributed by atoms with van der Waals surface area (Å²) in [5.41, 5.74) is -0.483. The van der Waals surface area contributed by atoms with Gasteiger partial charge in [-0.3, -0.25) is 0 Å². The van der Waals surface area contributed by atoms with Gasteiger partial charge in [-0.05, 0) is 18.4 Å². The van der Waals surface area contributed by atoms with Crippen molar-refractivity contribution in [3.05, 3.63) is 29.8 Å². The van der Waals surface area contributed by atoms with Gasteiger partial charge in [-0.2, -0.15) is 13.2 Å². The van der Waals surface area contributed by atoms with Crippen LogP contribution in [-0.2, 0) is 6.18 Å². The Morgan fingerprint density at radius 3 is 2.50 bits per heavy atom. The van der Waals surface area contributed by atoms with Gasteiger partial charge in [0.2, 0.25) is 0 Å². The summed E-state index contributed by atoms with van der Waals surface area (Å²) in [5.74, 6) is 0.465. The molecule has 0 amide bonds. The zero-order valence-corrected chi connectivity index (χ0v) is 8.38. The molecule has 5 heteroatoms. The lowest BCUT2D eigenvalue weighted by molar-refractivity contribution is -0.136. The molecule has 1 rings (SSSR count). The number of alkyl halides is 3. The Labute approximate surface area is 84.7 Å². The number of halogens is 3. The summed E-state index contributed by atoms with van der Waals surface area (Å²) in [6, 6.07) is 5.46. The fourth-order valence-corrected chi connectivity index (χ4v) is 1.33. The number of hydrogen-bond acceptors (Lipinski definition) is 2. The van der Waals surface area contributed by atoms with Crippen molar-refractivity contribution >= 4 is 17.4 Å². The van der Waals surface area contributed by atoms with Crippen LogP contribution in [0.25, 0.3) is 0 Å². The molecule has 0 aliphatic heterocycles. The largest absolute Gasteiger partial charge is 0.418 e. The van der Waals surface area contributed by atoms with Crippen LogP contribution < -0.4 is 5.32 Å². The number of anilines is 1. The second kappa shape index (κ2) is 4.59. The third-order valence-corrected chi connectivity index (χ3v) is 2.07. The molecule has 0 fully saturated rings. The average molecular weight is 221 g/mol. The van der Waals surface area contributed by atoms with E-state index in [1.165, 1.54) is 23.9 Å². The average Bonchev–Trinajstić information content (AvgIpc) is 2.14. The molecule has 0 unspecified atom stereocenters. The standard InChI is InChI=1S/C9H10F3NS/c1-14-6-13-8-5-3-2-4-7(8)9(10,11)12/h2-5,13H,6H2,1H3. The molecule has 0 atom stereocenters. The zero-order valence-electron chi connectivity index (χ0n) is 7.56. The van der Waals surface area contributed by atoms with Gasteiger partial charge >= 0.3 is 6.18 Å². The molecular formula is C9H10F3NS. The van der Waals surface area contributed by atoms with E-state index in [2.05, 4.69) is 5.32 Å². The van der Waals surface area contributed by atoms with Crippen molar-refractivity contribution in [2.45, 2.75) is 6.18 Å². The molecule has 0 radical (unpaired) electrons. The highest BCUT2D eigenvalue weighted by Crippen LogP contribution is 2.34. The summed E-state index contributed by atoms with van der Waals surface area (Å²) < 4.78 is 37.3. The highest BCUT2D eigenvalue weighted by molar-refractivity contribution is 7.98. The van der Waals surface area contributed by atoms with Gasteiger partial charge in [0.1, 0.15) is 0 Å². The highest BCUT2D eigenvalue weighted by Gasteiger charge is 2.32. The van der Waals surface area contributed by atoms with E-state index < -0.39 is 11.7 Å². The molecule has 0 aliphatic rings. The van der Waals surface area contributed by atoms with E-state index in [0.29, 0.717) is 5.88 Å². The molecule has 0 saturated carbocycles. The second-order valence-electron chi connectivity index (χ2n) is 2.65. The Hall–Kier alpha value is -0.840. The van der Waals surface area contributed by atoms with Gasteiger partial charge < -0.3 is 5.32 Å². The monoisotopic (exact) mass is 221 g/mol. The van der Waals surface area contributed by atoms with Crippen molar-refractivity contribution < 1.29 is 13.2 Å². The first-order chi connectivity index (χ1) is 6.55. The van der Waals surface area contributed by atoms with E-state index in [-0.39, 0.29) is 5.69 Å². The Morgan fingerprint density at radius 2 is 1.93 bits per heavy atom. The van der Waals surface area contributed by atoms with Crippen LogP contribution in [0.4, 0.5) is 18.9 Å². The van der Waals surface area contributed by atoms with Crippen LogP contribution in [0.5, 0.6) is 0 Å². The summed E-state index contributed by atoms with van der Waals surface area (Å²) in [5, 5.41) is 2.71. The minimum absolute atomic E-state index is 0.134. The van der Waals surface area contributed by atoms with Crippen molar-refractivity contribution in [2.24, 2.45) is 0 Å². The van der Waals surface area contributed by atoms with E-state index in [1.54, 1.807) is 6.07 Å². The second-order valence-corrected chi connectivity index (χ2v) is 3.52. The third kappa shape index (κ3) is 2.83.